The average molecular weight is 438 g/mol. The predicted molar refractivity (Wildman–Crippen MR) is 118 cm³/mol. The Hall–Kier alpha value is -3.80. The van der Waals surface area contributed by atoms with Gasteiger partial charge in [0.2, 0.25) is 5.88 Å². The van der Waals surface area contributed by atoms with Crippen LogP contribution in [0.1, 0.15) is 41.4 Å². The zero-order valence-electron chi connectivity index (χ0n) is 18.0. The Morgan fingerprint density at radius 1 is 1.28 bits per heavy atom. The van der Waals surface area contributed by atoms with Crippen LogP contribution in [0, 0.1) is 17.2 Å². The lowest BCUT2D eigenvalue weighted by Crippen LogP contribution is -2.41. The molecule has 1 aliphatic rings. The predicted octanol–water partition coefficient (Wildman–Crippen LogP) is 2.71. The molecule has 0 bridgehead atoms. The molecule has 2 heterocycles. The lowest BCUT2D eigenvalue weighted by molar-refractivity contribution is 0.0800. The SMILES string of the molecule is CCOc1nc(C(=O)NCC2CCN(C(=O)OCc3ccccc3)CC2)cc(N)c1C#N. The first-order valence-corrected chi connectivity index (χ1v) is 10.6. The summed E-state index contributed by atoms with van der Waals surface area (Å²) in [5.41, 5.74) is 7.20. The van der Waals surface area contributed by atoms with E-state index >= 15 is 0 Å². The van der Waals surface area contributed by atoms with Gasteiger partial charge in [0.25, 0.3) is 5.91 Å². The van der Waals surface area contributed by atoms with Crippen LogP contribution in [0.4, 0.5) is 10.5 Å². The minimum absolute atomic E-state index is 0.0578. The van der Waals surface area contributed by atoms with E-state index in [1.165, 1.54) is 6.07 Å². The molecule has 0 radical (unpaired) electrons. The number of hydrogen-bond acceptors (Lipinski definition) is 7. The molecule has 0 spiro atoms. The lowest BCUT2D eigenvalue weighted by atomic mass is 9.97. The molecular weight excluding hydrogens is 410 g/mol. The molecule has 168 valence electrons. The number of aromatic nitrogens is 1. The van der Waals surface area contributed by atoms with Gasteiger partial charge >= 0.3 is 6.09 Å². The van der Waals surface area contributed by atoms with E-state index in [1.54, 1.807) is 11.8 Å². The summed E-state index contributed by atoms with van der Waals surface area (Å²) < 4.78 is 10.7. The highest BCUT2D eigenvalue weighted by Crippen LogP contribution is 2.23. The van der Waals surface area contributed by atoms with Crippen molar-refractivity contribution in [2.45, 2.75) is 26.4 Å². The van der Waals surface area contributed by atoms with Gasteiger partial charge < -0.3 is 25.4 Å². The molecule has 9 heteroatoms. The molecule has 3 rings (SSSR count). The Kier molecular flexibility index (Phi) is 7.86. The number of hydrogen-bond donors (Lipinski definition) is 2. The van der Waals surface area contributed by atoms with Crippen LogP contribution in [0.3, 0.4) is 0 Å². The first-order valence-electron chi connectivity index (χ1n) is 10.6. The summed E-state index contributed by atoms with van der Waals surface area (Å²) in [5.74, 6) is -0.0893. The van der Waals surface area contributed by atoms with Gasteiger partial charge in [0.15, 0.2) is 0 Å². The molecular formula is C23H27N5O4. The van der Waals surface area contributed by atoms with Gasteiger partial charge in [-0.3, -0.25) is 4.79 Å². The number of likely N-dealkylation sites (tertiary alicyclic amines) is 1. The van der Waals surface area contributed by atoms with Gasteiger partial charge in [0.1, 0.15) is 23.9 Å². The minimum atomic E-state index is -0.383. The fourth-order valence-electron chi connectivity index (χ4n) is 3.47. The molecule has 1 aromatic heterocycles. The third-order valence-corrected chi connectivity index (χ3v) is 5.27. The first-order chi connectivity index (χ1) is 15.5. The van der Waals surface area contributed by atoms with E-state index in [2.05, 4.69) is 10.3 Å². The number of amides is 2. The summed E-state index contributed by atoms with van der Waals surface area (Å²) in [7, 11) is 0. The van der Waals surface area contributed by atoms with E-state index in [9.17, 15) is 14.9 Å². The molecule has 1 aliphatic heterocycles. The number of benzene rings is 1. The highest BCUT2D eigenvalue weighted by atomic mass is 16.6. The molecule has 0 atom stereocenters. The van der Waals surface area contributed by atoms with Crippen LogP contribution in [-0.4, -0.2) is 48.1 Å². The maximum Gasteiger partial charge on any atom is 0.410 e. The monoisotopic (exact) mass is 437 g/mol. The molecule has 1 fully saturated rings. The second kappa shape index (κ2) is 11.0. The van der Waals surface area contributed by atoms with Crippen molar-refractivity contribution in [1.82, 2.24) is 15.2 Å². The quantitative estimate of drug-likeness (QED) is 0.681. The van der Waals surface area contributed by atoms with Crippen LogP contribution in [0.15, 0.2) is 36.4 Å². The topological polar surface area (TPSA) is 131 Å². The Labute approximate surface area is 187 Å². The second-order valence-electron chi connectivity index (χ2n) is 7.50. The summed E-state index contributed by atoms with van der Waals surface area (Å²) in [4.78, 5) is 30.6. The van der Waals surface area contributed by atoms with Crippen LogP contribution in [0.25, 0.3) is 0 Å². The molecule has 3 N–H and O–H groups in total. The third-order valence-electron chi connectivity index (χ3n) is 5.27. The van der Waals surface area contributed by atoms with E-state index in [0.29, 0.717) is 26.2 Å². The fourth-order valence-corrected chi connectivity index (χ4v) is 3.47. The van der Waals surface area contributed by atoms with Gasteiger partial charge in [-0.05, 0) is 37.3 Å². The van der Waals surface area contributed by atoms with E-state index in [4.69, 9.17) is 15.2 Å². The van der Waals surface area contributed by atoms with Gasteiger partial charge in [-0.25, -0.2) is 9.78 Å². The summed E-state index contributed by atoms with van der Waals surface area (Å²) in [6.07, 6.45) is 1.19. The van der Waals surface area contributed by atoms with Crippen molar-refractivity contribution in [3.8, 4) is 11.9 Å². The number of nitrogens with one attached hydrogen (secondary N) is 1. The summed E-state index contributed by atoms with van der Waals surface area (Å²) in [6.45, 7) is 3.92. The lowest BCUT2D eigenvalue weighted by Gasteiger charge is -2.31. The smallest absolute Gasteiger partial charge is 0.410 e. The highest BCUT2D eigenvalue weighted by molar-refractivity contribution is 5.93. The van der Waals surface area contributed by atoms with Gasteiger partial charge in [-0.1, -0.05) is 30.3 Å². The number of nitrogens with two attached hydrogens (primary N) is 1. The van der Waals surface area contributed by atoms with Gasteiger partial charge in [0, 0.05) is 19.6 Å². The number of ether oxygens (including phenoxy) is 2. The number of carbonyl (C=O) groups is 2. The molecule has 0 saturated carbocycles. The maximum absolute atomic E-state index is 12.5. The normalized spacial score (nSPS) is 13.8. The average Bonchev–Trinajstić information content (AvgIpc) is 2.82. The van der Waals surface area contributed by atoms with Crippen LogP contribution >= 0.6 is 0 Å². The molecule has 32 heavy (non-hydrogen) atoms. The van der Waals surface area contributed by atoms with Crippen molar-refractivity contribution in [1.29, 1.82) is 5.26 Å². The van der Waals surface area contributed by atoms with Gasteiger partial charge in [-0.2, -0.15) is 5.26 Å². The zero-order chi connectivity index (χ0) is 22.9. The number of rotatable bonds is 7. The maximum atomic E-state index is 12.5. The highest BCUT2D eigenvalue weighted by Gasteiger charge is 2.25. The summed E-state index contributed by atoms with van der Waals surface area (Å²) in [6, 6.07) is 12.9. The van der Waals surface area contributed by atoms with Crippen LogP contribution in [0.5, 0.6) is 5.88 Å². The van der Waals surface area contributed by atoms with E-state index in [0.717, 1.165) is 18.4 Å². The Morgan fingerprint density at radius 3 is 2.66 bits per heavy atom. The Balaban J connectivity index is 1.46. The number of anilines is 1. The van der Waals surface area contributed by atoms with Gasteiger partial charge in [-0.15, -0.1) is 0 Å². The van der Waals surface area contributed by atoms with Crippen molar-refractivity contribution < 1.29 is 19.1 Å². The number of nitrogen functional groups attached to an aromatic ring is 1. The number of pyridine rings is 1. The number of nitrogens with zero attached hydrogens (tertiary/aromatic N) is 3. The van der Waals surface area contributed by atoms with Gasteiger partial charge in [0.05, 0.1) is 12.3 Å². The molecule has 0 unspecified atom stereocenters. The standard InChI is InChI=1S/C23H27N5O4/c1-2-31-22-18(13-24)19(25)12-20(27-22)21(29)26-14-16-8-10-28(11-9-16)23(30)32-15-17-6-4-3-5-7-17/h3-7,12,16H,2,8-11,14-15H2,1H3,(H2,25,27)(H,26,29). The molecule has 2 aromatic rings. The van der Waals surface area contributed by atoms with Crippen LogP contribution in [0.2, 0.25) is 0 Å². The second-order valence-corrected chi connectivity index (χ2v) is 7.50. The summed E-state index contributed by atoms with van der Waals surface area (Å²) >= 11 is 0. The van der Waals surface area contributed by atoms with E-state index < -0.39 is 0 Å². The van der Waals surface area contributed by atoms with Crippen molar-refractivity contribution in [2.24, 2.45) is 5.92 Å². The Morgan fingerprint density at radius 2 is 2.00 bits per heavy atom. The Bertz CT molecular complexity index is 982. The third kappa shape index (κ3) is 5.88. The van der Waals surface area contributed by atoms with E-state index in [-0.39, 0.29) is 47.3 Å². The number of nitriles is 1. The van der Waals surface area contributed by atoms with Crippen molar-refractivity contribution >= 4 is 17.7 Å². The molecule has 0 aliphatic carbocycles. The van der Waals surface area contributed by atoms with E-state index in [1.807, 2.05) is 36.4 Å². The first kappa shape index (κ1) is 22.9. The number of carbonyl (C=O) groups excluding carboxylic acids is 2. The number of piperidine rings is 1. The van der Waals surface area contributed by atoms with Crippen LogP contribution < -0.4 is 15.8 Å². The van der Waals surface area contributed by atoms with Crippen molar-refractivity contribution in [3.05, 3.63) is 53.2 Å². The van der Waals surface area contributed by atoms with Crippen molar-refractivity contribution in [2.75, 3.05) is 32.0 Å². The molecule has 1 aromatic carbocycles. The molecule has 1 saturated heterocycles. The van der Waals surface area contributed by atoms with Crippen LogP contribution in [-0.2, 0) is 11.3 Å². The summed E-state index contributed by atoms with van der Waals surface area (Å²) in [5, 5.41) is 12.1. The zero-order valence-corrected chi connectivity index (χ0v) is 18.0. The largest absolute Gasteiger partial charge is 0.477 e. The molecule has 2 amide bonds. The minimum Gasteiger partial charge on any atom is -0.477 e. The molecule has 9 nitrogen and oxygen atoms in total. The fraction of sp³-hybridized carbons (Fsp3) is 0.391. The van der Waals surface area contributed by atoms with Crippen molar-refractivity contribution in [3.63, 3.8) is 0 Å².